The molecule has 2 aromatic carbocycles. The van der Waals surface area contributed by atoms with Gasteiger partial charge < -0.3 is 10.1 Å². The van der Waals surface area contributed by atoms with Gasteiger partial charge in [-0.1, -0.05) is 51.1 Å². The Kier molecular flexibility index (Phi) is 5.80. The van der Waals surface area contributed by atoms with Crippen LogP contribution in [0.1, 0.15) is 44.2 Å². The van der Waals surface area contributed by atoms with Gasteiger partial charge in [0, 0.05) is 5.69 Å². The van der Waals surface area contributed by atoms with Gasteiger partial charge in [-0.2, -0.15) is 0 Å². The van der Waals surface area contributed by atoms with E-state index in [0.717, 1.165) is 17.0 Å². The van der Waals surface area contributed by atoms with E-state index in [0.29, 0.717) is 12.3 Å². The number of benzene rings is 2. The Balaban J connectivity index is 2.04. The van der Waals surface area contributed by atoms with E-state index in [1.807, 2.05) is 62.4 Å². The molecule has 1 atom stereocenters. The third-order valence-electron chi connectivity index (χ3n) is 3.87. The maximum Gasteiger partial charge on any atom is 0.265 e. The van der Waals surface area contributed by atoms with Crippen LogP contribution in [0.3, 0.4) is 0 Å². The van der Waals surface area contributed by atoms with Crippen molar-refractivity contribution < 1.29 is 9.53 Å². The molecule has 1 N–H and O–H groups in total. The topological polar surface area (TPSA) is 38.3 Å². The van der Waals surface area contributed by atoms with Gasteiger partial charge in [0.1, 0.15) is 5.75 Å². The predicted octanol–water partition coefficient (Wildman–Crippen LogP) is 4.91. The van der Waals surface area contributed by atoms with Crippen LogP contribution in [0.25, 0.3) is 0 Å². The van der Waals surface area contributed by atoms with Crippen LogP contribution in [0.15, 0.2) is 48.5 Å². The molecule has 0 unspecified atom stereocenters. The minimum atomic E-state index is -0.499. The summed E-state index contributed by atoms with van der Waals surface area (Å²) < 4.78 is 5.88. The zero-order valence-corrected chi connectivity index (χ0v) is 14.3. The fourth-order valence-corrected chi connectivity index (χ4v) is 2.34. The first-order chi connectivity index (χ1) is 11.0. The van der Waals surface area contributed by atoms with Crippen LogP contribution in [0.2, 0.25) is 0 Å². The maximum absolute atomic E-state index is 12.4. The van der Waals surface area contributed by atoms with Crippen molar-refractivity contribution in [3.05, 3.63) is 59.7 Å². The van der Waals surface area contributed by atoms with E-state index in [-0.39, 0.29) is 5.91 Å². The standard InChI is InChI=1S/C20H25NO2/c1-5-18(23-19-9-7-6-8-15(19)4)20(22)21-17-12-10-16(11-13-17)14(2)3/h6-14,18H,5H2,1-4H3,(H,21,22)/t18-/m0/s1. The predicted molar refractivity (Wildman–Crippen MR) is 95.0 cm³/mol. The highest BCUT2D eigenvalue weighted by atomic mass is 16.5. The van der Waals surface area contributed by atoms with Gasteiger partial charge in [0.05, 0.1) is 0 Å². The van der Waals surface area contributed by atoms with Gasteiger partial charge in [0.15, 0.2) is 6.10 Å². The average Bonchev–Trinajstić information content (AvgIpc) is 2.54. The molecule has 23 heavy (non-hydrogen) atoms. The van der Waals surface area contributed by atoms with Gasteiger partial charge in [-0.3, -0.25) is 4.79 Å². The molecule has 3 nitrogen and oxygen atoms in total. The SMILES string of the molecule is CC[C@H](Oc1ccccc1C)C(=O)Nc1ccc(C(C)C)cc1. The van der Waals surface area contributed by atoms with Gasteiger partial charge >= 0.3 is 0 Å². The molecule has 2 rings (SSSR count). The second-order valence-corrected chi connectivity index (χ2v) is 6.05. The van der Waals surface area contributed by atoms with Crippen molar-refractivity contribution in [3.8, 4) is 5.75 Å². The van der Waals surface area contributed by atoms with Crippen LogP contribution in [-0.2, 0) is 4.79 Å². The number of carbonyl (C=O) groups is 1. The van der Waals surface area contributed by atoms with Crippen molar-refractivity contribution in [3.63, 3.8) is 0 Å². The summed E-state index contributed by atoms with van der Waals surface area (Å²) in [6.07, 6.45) is 0.116. The lowest BCUT2D eigenvalue weighted by molar-refractivity contribution is -0.122. The summed E-state index contributed by atoms with van der Waals surface area (Å²) in [6.45, 7) is 8.22. The Morgan fingerprint density at radius 2 is 1.74 bits per heavy atom. The van der Waals surface area contributed by atoms with Gasteiger partial charge in [0.25, 0.3) is 5.91 Å². The van der Waals surface area contributed by atoms with Crippen molar-refractivity contribution in [2.45, 2.75) is 46.1 Å². The van der Waals surface area contributed by atoms with Crippen molar-refractivity contribution in [2.75, 3.05) is 5.32 Å². The molecule has 0 spiro atoms. The fraction of sp³-hybridized carbons (Fsp3) is 0.350. The van der Waals surface area contributed by atoms with Crippen LogP contribution in [0.5, 0.6) is 5.75 Å². The molecule has 0 aliphatic rings. The number of hydrogen-bond acceptors (Lipinski definition) is 2. The fourth-order valence-electron chi connectivity index (χ4n) is 2.34. The van der Waals surface area contributed by atoms with Crippen LogP contribution < -0.4 is 10.1 Å². The van der Waals surface area contributed by atoms with E-state index in [9.17, 15) is 4.79 Å². The lowest BCUT2D eigenvalue weighted by atomic mass is 10.0. The smallest absolute Gasteiger partial charge is 0.265 e. The molecular weight excluding hydrogens is 286 g/mol. The van der Waals surface area contributed by atoms with E-state index in [1.165, 1.54) is 5.56 Å². The molecular formula is C20H25NO2. The molecule has 0 aromatic heterocycles. The van der Waals surface area contributed by atoms with Crippen LogP contribution >= 0.6 is 0 Å². The molecule has 1 amide bonds. The Morgan fingerprint density at radius 3 is 2.30 bits per heavy atom. The van der Waals surface area contributed by atoms with E-state index in [4.69, 9.17) is 4.74 Å². The first-order valence-electron chi connectivity index (χ1n) is 8.14. The monoisotopic (exact) mass is 311 g/mol. The lowest BCUT2D eigenvalue weighted by Gasteiger charge is -2.18. The molecule has 0 saturated carbocycles. The van der Waals surface area contributed by atoms with Gasteiger partial charge in [0.2, 0.25) is 0 Å². The van der Waals surface area contributed by atoms with Crippen molar-refractivity contribution in [2.24, 2.45) is 0 Å². The largest absolute Gasteiger partial charge is 0.480 e. The third-order valence-corrected chi connectivity index (χ3v) is 3.87. The van der Waals surface area contributed by atoms with Gasteiger partial charge in [-0.25, -0.2) is 0 Å². The second-order valence-electron chi connectivity index (χ2n) is 6.05. The number of aryl methyl sites for hydroxylation is 1. The summed E-state index contributed by atoms with van der Waals surface area (Å²) >= 11 is 0. The van der Waals surface area contributed by atoms with Crippen molar-refractivity contribution in [1.82, 2.24) is 0 Å². The zero-order chi connectivity index (χ0) is 16.8. The molecule has 0 aliphatic heterocycles. The van der Waals surface area contributed by atoms with Crippen LogP contribution in [0.4, 0.5) is 5.69 Å². The number of carbonyl (C=O) groups excluding carboxylic acids is 1. The molecule has 122 valence electrons. The summed E-state index contributed by atoms with van der Waals surface area (Å²) in [5, 5.41) is 2.93. The summed E-state index contributed by atoms with van der Waals surface area (Å²) in [5.41, 5.74) is 3.08. The summed E-state index contributed by atoms with van der Waals surface area (Å²) in [7, 11) is 0. The number of ether oxygens (including phenoxy) is 1. The Bertz CT molecular complexity index is 647. The normalized spacial score (nSPS) is 12.0. The summed E-state index contributed by atoms with van der Waals surface area (Å²) in [5.74, 6) is 1.12. The quantitative estimate of drug-likeness (QED) is 0.822. The molecule has 0 fully saturated rings. The van der Waals surface area contributed by atoms with Gasteiger partial charge in [-0.05, 0) is 48.6 Å². The molecule has 0 heterocycles. The summed E-state index contributed by atoms with van der Waals surface area (Å²) in [6, 6.07) is 15.7. The highest BCUT2D eigenvalue weighted by molar-refractivity contribution is 5.94. The highest BCUT2D eigenvalue weighted by Crippen LogP contribution is 2.20. The van der Waals surface area contributed by atoms with Crippen molar-refractivity contribution in [1.29, 1.82) is 0 Å². The Morgan fingerprint density at radius 1 is 1.09 bits per heavy atom. The maximum atomic E-state index is 12.4. The number of hydrogen-bond donors (Lipinski definition) is 1. The van der Waals surface area contributed by atoms with E-state index in [2.05, 4.69) is 19.2 Å². The molecule has 0 saturated heterocycles. The lowest BCUT2D eigenvalue weighted by Crippen LogP contribution is -2.32. The van der Waals surface area contributed by atoms with E-state index >= 15 is 0 Å². The summed E-state index contributed by atoms with van der Waals surface area (Å²) in [4.78, 5) is 12.4. The molecule has 0 radical (unpaired) electrons. The zero-order valence-electron chi connectivity index (χ0n) is 14.3. The number of anilines is 1. The Labute approximate surface area is 138 Å². The van der Waals surface area contributed by atoms with Crippen molar-refractivity contribution >= 4 is 11.6 Å². The van der Waals surface area contributed by atoms with E-state index in [1.54, 1.807) is 0 Å². The molecule has 2 aromatic rings. The Hall–Kier alpha value is -2.29. The number of amides is 1. The first-order valence-corrected chi connectivity index (χ1v) is 8.14. The number of nitrogens with one attached hydrogen (secondary N) is 1. The van der Waals surface area contributed by atoms with Crippen LogP contribution in [-0.4, -0.2) is 12.0 Å². The van der Waals surface area contributed by atoms with E-state index < -0.39 is 6.10 Å². The highest BCUT2D eigenvalue weighted by Gasteiger charge is 2.19. The average molecular weight is 311 g/mol. The van der Waals surface area contributed by atoms with Gasteiger partial charge in [-0.15, -0.1) is 0 Å². The number of rotatable bonds is 6. The number of para-hydroxylation sites is 1. The van der Waals surface area contributed by atoms with Crippen LogP contribution in [0, 0.1) is 6.92 Å². The third kappa shape index (κ3) is 4.59. The minimum absolute atomic E-state index is 0.118. The molecule has 0 aliphatic carbocycles. The minimum Gasteiger partial charge on any atom is -0.480 e. The second kappa shape index (κ2) is 7.82. The molecule has 3 heteroatoms. The first kappa shape index (κ1) is 17.1. The molecule has 0 bridgehead atoms.